The minimum atomic E-state index is 0.902. The summed E-state index contributed by atoms with van der Waals surface area (Å²) in [6.45, 7) is 0. The lowest BCUT2D eigenvalue weighted by molar-refractivity contribution is 0.670. The minimum absolute atomic E-state index is 0.902. The van der Waals surface area contributed by atoms with Gasteiger partial charge in [0.2, 0.25) is 0 Å². The molecule has 388 valence electrons. The number of fused-ring (bicyclic) bond motifs is 8. The van der Waals surface area contributed by atoms with Crippen LogP contribution < -0.4 is 4.90 Å². The Morgan fingerprint density at radius 2 is 0.627 bits per heavy atom. The average molecular weight is 1060 g/mol. The number of rotatable bonds is 10. The molecule has 0 bridgehead atoms. The van der Waals surface area contributed by atoms with Crippen molar-refractivity contribution in [3.63, 3.8) is 0 Å². The molecule has 0 atom stereocenters. The van der Waals surface area contributed by atoms with Crippen molar-refractivity contribution in [2.24, 2.45) is 0 Å². The highest BCUT2D eigenvalue weighted by atomic mass is 16.3. The van der Waals surface area contributed by atoms with Crippen LogP contribution in [-0.2, 0) is 0 Å². The highest BCUT2D eigenvalue weighted by Gasteiger charge is 2.18. The number of benzene rings is 14. The fourth-order valence-electron chi connectivity index (χ4n) is 12.6. The van der Waals surface area contributed by atoms with Gasteiger partial charge in [0.1, 0.15) is 11.2 Å². The van der Waals surface area contributed by atoms with Crippen LogP contribution in [0.5, 0.6) is 0 Å². The molecular weight excluding hydrogens is 1000 g/mol. The van der Waals surface area contributed by atoms with Crippen molar-refractivity contribution in [1.82, 2.24) is 4.57 Å². The molecule has 0 amide bonds. The van der Waals surface area contributed by atoms with E-state index in [1.165, 1.54) is 71.2 Å². The van der Waals surface area contributed by atoms with Gasteiger partial charge in [-0.1, -0.05) is 218 Å². The van der Waals surface area contributed by atoms with Crippen molar-refractivity contribution in [3.8, 4) is 72.4 Å². The van der Waals surface area contributed by atoms with E-state index in [9.17, 15) is 0 Å². The van der Waals surface area contributed by atoms with Crippen molar-refractivity contribution in [2.45, 2.75) is 0 Å². The number of anilines is 3. The molecule has 83 heavy (non-hydrogen) atoms. The van der Waals surface area contributed by atoms with E-state index < -0.39 is 0 Å². The zero-order valence-electron chi connectivity index (χ0n) is 45.3. The predicted octanol–water partition coefficient (Wildman–Crippen LogP) is 22.5. The van der Waals surface area contributed by atoms with E-state index in [0.29, 0.717) is 0 Å². The smallest absolute Gasteiger partial charge is 0.143 e. The van der Waals surface area contributed by atoms with Crippen LogP contribution in [0.4, 0.5) is 17.1 Å². The second kappa shape index (κ2) is 20.0. The molecule has 3 heteroatoms. The molecule has 2 aromatic heterocycles. The molecule has 0 aliphatic carbocycles. The molecule has 0 saturated carbocycles. The third-order valence-corrected chi connectivity index (χ3v) is 16.8. The van der Waals surface area contributed by atoms with Gasteiger partial charge >= 0.3 is 0 Å². The average Bonchev–Trinajstić information content (AvgIpc) is 3.74. The largest absolute Gasteiger partial charge is 0.455 e. The van der Waals surface area contributed by atoms with Crippen LogP contribution in [0.3, 0.4) is 0 Å². The van der Waals surface area contributed by atoms with Crippen LogP contribution in [0.2, 0.25) is 0 Å². The van der Waals surface area contributed by atoms with Gasteiger partial charge in [-0.15, -0.1) is 0 Å². The third kappa shape index (κ3) is 8.62. The molecule has 3 nitrogen and oxygen atoms in total. The number of furan rings is 1. The van der Waals surface area contributed by atoms with E-state index in [-0.39, 0.29) is 0 Å². The lowest BCUT2D eigenvalue weighted by Crippen LogP contribution is -2.09. The Kier molecular flexibility index (Phi) is 11.5. The lowest BCUT2D eigenvalue weighted by atomic mass is 9.95. The van der Waals surface area contributed by atoms with Crippen molar-refractivity contribution in [3.05, 3.63) is 315 Å². The molecule has 16 rings (SSSR count). The summed E-state index contributed by atoms with van der Waals surface area (Å²) < 4.78 is 8.86. The van der Waals surface area contributed by atoms with E-state index in [2.05, 4.69) is 313 Å². The number of aromatic nitrogens is 1. The fourth-order valence-corrected chi connectivity index (χ4v) is 12.6. The van der Waals surface area contributed by atoms with E-state index in [1.54, 1.807) is 0 Å². The zero-order valence-corrected chi connectivity index (χ0v) is 45.3. The van der Waals surface area contributed by atoms with Crippen LogP contribution in [0.1, 0.15) is 0 Å². The standard InChI is InChI=1S/C80H52N2O/c1-2-13-53(14-3-1)61-31-27-57-29-33-63(50-66(57)48-61)64-34-30-58-28-32-62(49-67(58)51-64)56-39-45-70(46-40-56)81(68-41-35-54(36-42-68)59-15-10-17-65(47-59)72-22-12-23-76-75-21-6-9-26-79(75)83-80(72)76)69-43-37-55(38-44-69)60-16-11-18-71(52-60)82-77-24-7-4-19-73(77)74-20-5-8-25-78(74)82/h1-52H. The number of para-hydroxylation sites is 4. The molecule has 0 spiro atoms. The highest BCUT2D eigenvalue weighted by molar-refractivity contribution is 6.11. The van der Waals surface area contributed by atoms with Crippen LogP contribution in [0, 0.1) is 0 Å². The minimum Gasteiger partial charge on any atom is -0.455 e. The summed E-state index contributed by atoms with van der Waals surface area (Å²) in [5.74, 6) is 0. The molecule has 0 aliphatic heterocycles. The van der Waals surface area contributed by atoms with Gasteiger partial charge in [0.05, 0.1) is 11.0 Å². The first-order valence-electron chi connectivity index (χ1n) is 28.4. The first-order chi connectivity index (χ1) is 41.1. The molecule has 0 radical (unpaired) electrons. The molecule has 0 unspecified atom stereocenters. The Bertz CT molecular complexity index is 5070. The quantitative estimate of drug-likeness (QED) is 0.136. The van der Waals surface area contributed by atoms with Crippen LogP contribution in [0.25, 0.3) is 138 Å². The summed E-state index contributed by atoms with van der Waals surface area (Å²) in [7, 11) is 0. The van der Waals surface area contributed by atoms with Gasteiger partial charge in [0, 0.05) is 49.9 Å². The summed E-state index contributed by atoms with van der Waals surface area (Å²) >= 11 is 0. The van der Waals surface area contributed by atoms with Crippen molar-refractivity contribution in [2.75, 3.05) is 4.90 Å². The van der Waals surface area contributed by atoms with E-state index in [4.69, 9.17) is 4.42 Å². The molecule has 0 fully saturated rings. The Morgan fingerprint density at radius 1 is 0.241 bits per heavy atom. The molecule has 16 aromatic rings. The third-order valence-electron chi connectivity index (χ3n) is 16.8. The number of hydrogen-bond acceptors (Lipinski definition) is 2. The first kappa shape index (κ1) is 48.0. The van der Waals surface area contributed by atoms with Crippen LogP contribution in [0.15, 0.2) is 320 Å². The summed E-state index contributed by atoms with van der Waals surface area (Å²) in [6.07, 6.45) is 0. The maximum atomic E-state index is 6.48. The molecule has 0 N–H and O–H groups in total. The molecule has 0 aliphatic rings. The van der Waals surface area contributed by atoms with Gasteiger partial charge in [-0.3, -0.25) is 0 Å². The molecular formula is C80H52N2O. The number of nitrogens with zero attached hydrogens (tertiary/aromatic N) is 2. The molecule has 0 saturated heterocycles. The van der Waals surface area contributed by atoms with E-state index >= 15 is 0 Å². The maximum absolute atomic E-state index is 6.48. The SMILES string of the molecule is c1ccc(-c2ccc3ccc(-c4ccc5ccc(-c6ccc(N(c7ccc(-c8cccc(-c9cccc%10c9oc9ccccc9%10)c8)cc7)c7ccc(-c8cccc(-n9c%10ccccc%10c%10ccccc%109)c8)cc7)cc6)cc5c4)cc3c2)cc1. The Morgan fingerprint density at radius 3 is 1.18 bits per heavy atom. The Labute approximate surface area is 481 Å². The van der Waals surface area contributed by atoms with Gasteiger partial charge < -0.3 is 13.9 Å². The van der Waals surface area contributed by atoms with Crippen molar-refractivity contribution < 1.29 is 4.42 Å². The maximum Gasteiger partial charge on any atom is 0.143 e. The lowest BCUT2D eigenvalue weighted by Gasteiger charge is -2.26. The summed E-state index contributed by atoms with van der Waals surface area (Å²) in [5.41, 5.74) is 22.5. The van der Waals surface area contributed by atoms with Crippen LogP contribution >= 0.6 is 0 Å². The van der Waals surface area contributed by atoms with Gasteiger partial charge in [-0.05, 0) is 180 Å². The van der Waals surface area contributed by atoms with Crippen LogP contribution in [-0.4, -0.2) is 4.57 Å². The number of hydrogen-bond donors (Lipinski definition) is 0. The topological polar surface area (TPSA) is 21.3 Å². The van der Waals surface area contributed by atoms with E-state index in [1.807, 2.05) is 12.1 Å². The van der Waals surface area contributed by atoms with E-state index in [0.717, 1.165) is 83.6 Å². The molecule has 14 aromatic carbocycles. The normalized spacial score (nSPS) is 11.6. The van der Waals surface area contributed by atoms with Crippen molar-refractivity contribution >= 4 is 82.4 Å². The summed E-state index contributed by atoms with van der Waals surface area (Å²) in [5, 5.41) is 9.67. The second-order valence-electron chi connectivity index (χ2n) is 21.7. The van der Waals surface area contributed by atoms with Crippen molar-refractivity contribution in [1.29, 1.82) is 0 Å². The summed E-state index contributed by atoms with van der Waals surface area (Å²) in [6, 6.07) is 115. The van der Waals surface area contributed by atoms with Gasteiger partial charge in [0.25, 0.3) is 0 Å². The summed E-state index contributed by atoms with van der Waals surface area (Å²) in [4.78, 5) is 2.36. The second-order valence-corrected chi connectivity index (χ2v) is 21.7. The van der Waals surface area contributed by atoms with Gasteiger partial charge in [-0.25, -0.2) is 0 Å². The molecule has 2 heterocycles. The van der Waals surface area contributed by atoms with Gasteiger partial charge in [-0.2, -0.15) is 0 Å². The zero-order chi connectivity index (χ0) is 54.8. The highest BCUT2D eigenvalue weighted by Crippen LogP contribution is 2.42. The predicted molar refractivity (Wildman–Crippen MR) is 350 cm³/mol. The Hall–Kier alpha value is -11.0. The monoisotopic (exact) mass is 1060 g/mol. The Balaban J connectivity index is 0.738. The first-order valence-corrected chi connectivity index (χ1v) is 28.4. The van der Waals surface area contributed by atoms with Gasteiger partial charge in [0.15, 0.2) is 0 Å². The fraction of sp³-hybridized carbons (Fsp3) is 0.